The molecule has 8 heteroatoms. The van der Waals surface area contributed by atoms with Crippen molar-refractivity contribution in [3.8, 4) is 0 Å². The second-order valence-corrected chi connectivity index (χ2v) is 7.20. The summed E-state index contributed by atoms with van der Waals surface area (Å²) in [6.07, 6.45) is 0.494. The van der Waals surface area contributed by atoms with E-state index in [1.54, 1.807) is 24.3 Å². The third kappa shape index (κ3) is 3.71. The molecule has 1 aliphatic rings. The summed E-state index contributed by atoms with van der Waals surface area (Å²) in [6, 6.07) is 10.9. The molecular formula is C21H20FN3O4. The number of carbonyl (C=O) groups is 1. The maximum atomic E-state index is 14.4. The molecule has 0 saturated carbocycles. The lowest BCUT2D eigenvalue weighted by Gasteiger charge is -2.29. The van der Waals surface area contributed by atoms with Crippen molar-refractivity contribution in [2.75, 3.05) is 13.1 Å². The molecule has 1 saturated heterocycles. The molecule has 150 valence electrons. The van der Waals surface area contributed by atoms with Crippen molar-refractivity contribution in [1.82, 2.24) is 14.5 Å². The number of benzene rings is 2. The number of nitrogens with one attached hydrogen (secondary N) is 1. The Morgan fingerprint density at radius 2 is 1.86 bits per heavy atom. The van der Waals surface area contributed by atoms with E-state index in [-0.39, 0.29) is 12.1 Å². The zero-order valence-corrected chi connectivity index (χ0v) is 15.6. The first-order valence-electron chi connectivity index (χ1n) is 9.41. The van der Waals surface area contributed by atoms with Crippen molar-refractivity contribution in [2.45, 2.75) is 25.5 Å². The minimum absolute atomic E-state index is 0.0688. The van der Waals surface area contributed by atoms with Gasteiger partial charge in [0.05, 0.1) is 29.1 Å². The maximum Gasteiger partial charge on any atom is 0.329 e. The van der Waals surface area contributed by atoms with Crippen LogP contribution < -0.4 is 11.2 Å². The molecule has 0 radical (unpaired) electrons. The SMILES string of the molecule is O=C(c1cc(Cn2c(=O)[nH]c(=O)c3ccccc32)ccc1F)N1CCC(O)CC1. The number of aliphatic hydroxyl groups is 1. The van der Waals surface area contributed by atoms with Gasteiger partial charge in [-0.3, -0.25) is 19.1 Å². The molecule has 0 spiro atoms. The molecule has 2 aromatic carbocycles. The van der Waals surface area contributed by atoms with Crippen LogP contribution in [0.15, 0.2) is 52.1 Å². The van der Waals surface area contributed by atoms with E-state index in [4.69, 9.17) is 0 Å². The Balaban J connectivity index is 1.69. The number of para-hydroxylation sites is 1. The van der Waals surface area contributed by atoms with Crippen LogP contribution in [0.5, 0.6) is 0 Å². The van der Waals surface area contributed by atoms with Gasteiger partial charge in [-0.2, -0.15) is 0 Å². The smallest absolute Gasteiger partial charge is 0.329 e. The number of rotatable bonds is 3. The molecule has 0 aliphatic carbocycles. The predicted molar refractivity (Wildman–Crippen MR) is 105 cm³/mol. The highest BCUT2D eigenvalue weighted by Crippen LogP contribution is 2.18. The van der Waals surface area contributed by atoms with Crippen LogP contribution in [0.2, 0.25) is 0 Å². The first-order chi connectivity index (χ1) is 13.9. The molecule has 29 heavy (non-hydrogen) atoms. The molecule has 7 nitrogen and oxygen atoms in total. The van der Waals surface area contributed by atoms with Gasteiger partial charge < -0.3 is 10.0 Å². The number of nitrogens with zero attached hydrogens (tertiary/aromatic N) is 2. The lowest BCUT2D eigenvalue weighted by molar-refractivity contribution is 0.0542. The van der Waals surface area contributed by atoms with E-state index in [1.165, 1.54) is 27.7 Å². The molecule has 0 atom stereocenters. The fourth-order valence-corrected chi connectivity index (χ4v) is 3.66. The van der Waals surface area contributed by atoms with Crippen LogP contribution >= 0.6 is 0 Å². The molecular weight excluding hydrogens is 377 g/mol. The highest BCUT2D eigenvalue weighted by molar-refractivity contribution is 5.94. The summed E-state index contributed by atoms with van der Waals surface area (Å²) in [7, 11) is 0. The number of carbonyl (C=O) groups excluding carboxylic acids is 1. The van der Waals surface area contributed by atoms with E-state index >= 15 is 0 Å². The highest BCUT2D eigenvalue weighted by atomic mass is 19.1. The Hall–Kier alpha value is -3.26. The number of amides is 1. The maximum absolute atomic E-state index is 14.4. The topological polar surface area (TPSA) is 95.4 Å². The van der Waals surface area contributed by atoms with Crippen molar-refractivity contribution in [2.24, 2.45) is 0 Å². The van der Waals surface area contributed by atoms with Crippen LogP contribution in [0.3, 0.4) is 0 Å². The second kappa shape index (κ2) is 7.63. The van der Waals surface area contributed by atoms with Gasteiger partial charge in [0, 0.05) is 13.1 Å². The van der Waals surface area contributed by atoms with Crippen molar-refractivity contribution in [3.63, 3.8) is 0 Å². The number of likely N-dealkylation sites (tertiary alicyclic amines) is 1. The first kappa shape index (κ1) is 19.1. The van der Waals surface area contributed by atoms with Crippen molar-refractivity contribution in [3.05, 3.63) is 80.2 Å². The molecule has 3 aromatic rings. The first-order valence-corrected chi connectivity index (χ1v) is 9.41. The van der Waals surface area contributed by atoms with Crippen LogP contribution in [0.1, 0.15) is 28.8 Å². The third-order valence-corrected chi connectivity index (χ3v) is 5.26. The van der Waals surface area contributed by atoms with Gasteiger partial charge >= 0.3 is 5.69 Å². The normalized spacial score (nSPS) is 15.0. The lowest BCUT2D eigenvalue weighted by atomic mass is 10.0. The summed E-state index contributed by atoms with van der Waals surface area (Å²) < 4.78 is 15.7. The van der Waals surface area contributed by atoms with E-state index in [1.807, 2.05) is 0 Å². The van der Waals surface area contributed by atoms with Gasteiger partial charge in [-0.15, -0.1) is 0 Å². The quantitative estimate of drug-likeness (QED) is 0.700. The van der Waals surface area contributed by atoms with E-state index in [2.05, 4.69) is 4.98 Å². The van der Waals surface area contributed by atoms with Crippen LogP contribution in [0.4, 0.5) is 4.39 Å². The van der Waals surface area contributed by atoms with Crippen LogP contribution in [-0.4, -0.2) is 44.7 Å². The minimum atomic E-state index is -0.636. The Labute approximate surface area is 165 Å². The number of piperidine rings is 1. The molecule has 2 N–H and O–H groups in total. The van der Waals surface area contributed by atoms with Gasteiger partial charge in [0.2, 0.25) is 0 Å². The zero-order valence-electron chi connectivity index (χ0n) is 15.6. The number of halogens is 1. The predicted octanol–water partition coefficient (Wildman–Crippen LogP) is 1.47. The zero-order chi connectivity index (χ0) is 20.5. The van der Waals surface area contributed by atoms with Gasteiger partial charge in [0.1, 0.15) is 5.82 Å². The van der Waals surface area contributed by atoms with E-state index in [0.717, 1.165) is 0 Å². The van der Waals surface area contributed by atoms with Gasteiger partial charge in [0.25, 0.3) is 11.5 Å². The molecule has 1 aromatic heterocycles. The summed E-state index contributed by atoms with van der Waals surface area (Å²) in [5.74, 6) is -1.07. The van der Waals surface area contributed by atoms with E-state index < -0.39 is 29.1 Å². The second-order valence-electron chi connectivity index (χ2n) is 7.20. The fourth-order valence-electron chi connectivity index (χ4n) is 3.66. The molecule has 1 fully saturated rings. The number of aliphatic hydroxyl groups excluding tert-OH is 1. The highest BCUT2D eigenvalue weighted by Gasteiger charge is 2.24. The van der Waals surface area contributed by atoms with Crippen LogP contribution in [-0.2, 0) is 6.54 Å². The summed E-state index contributed by atoms with van der Waals surface area (Å²) in [5.41, 5.74) is -0.0877. The van der Waals surface area contributed by atoms with E-state index in [0.29, 0.717) is 42.4 Å². The van der Waals surface area contributed by atoms with Crippen molar-refractivity contribution < 1.29 is 14.3 Å². The molecule has 0 unspecified atom stereocenters. The van der Waals surface area contributed by atoms with Crippen LogP contribution in [0.25, 0.3) is 10.9 Å². The molecule has 1 aliphatic heterocycles. The largest absolute Gasteiger partial charge is 0.393 e. The number of H-pyrrole nitrogens is 1. The van der Waals surface area contributed by atoms with Crippen molar-refractivity contribution >= 4 is 16.8 Å². The average molecular weight is 397 g/mol. The van der Waals surface area contributed by atoms with Crippen molar-refractivity contribution in [1.29, 1.82) is 0 Å². The Bertz CT molecular complexity index is 1190. The summed E-state index contributed by atoms with van der Waals surface area (Å²) in [5, 5.41) is 9.98. The average Bonchev–Trinajstić information content (AvgIpc) is 2.72. The number of hydrogen-bond donors (Lipinski definition) is 2. The number of fused-ring (bicyclic) bond motifs is 1. The Morgan fingerprint density at radius 1 is 1.14 bits per heavy atom. The minimum Gasteiger partial charge on any atom is -0.393 e. The Kier molecular flexibility index (Phi) is 5.02. The van der Waals surface area contributed by atoms with Crippen LogP contribution in [0, 0.1) is 5.82 Å². The van der Waals surface area contributed by atoms with Gasteiger partial charge in [0.15, 0.2) is 0 Å². The molecule has 1 amide bonds. The monoisotopic (exact) mass is 397 g/mol. The fraction of sp³-hybridized carbons (Fsp3) is 0.286. The summed E-state index contributed by atoms with van der Waals surface area (Å²) in [4.78, 5) is 40.9. The Morgan fingerprint density at radius 3 is 2.62 bits per heavy atom. The van der Waals surface area contributed by atoms with Gasteiger partial charge in [-0.25, -0.2) is 9.18 Å². The number of hydrogen-bond acceptors (Lipinski definition) is 4. The summed E-state index contributed by atoms with van der Waals surface area (Å²) >= 11 is 0. The van der Waals surface area contributed by atoms with E-state index in [9.17, 15) is 23.9 Å². The van der Waals surface area contributed by atoms with Gasteiger partial charge in [-0.1, -0.05) is 18.2 Å². The molecule has 0 bridgehead atoms. The molecule has 4 rings (SSSR count). The number of aromatic amines is 1. The van der Waals surface area contributed by atoms with Gasteiger partial charge in [-0.05, 0) is 42.7 Å². The standard InChI is InChI=1S/C21H20FN3O4/c22-17-6-5-13(11-16(17)20(28)24-9-7-14(26)8-10-24)12-25-18-4-2-1-3-15(18)19(27)23-21(25)29/h1-6,11,14,26H,7-10,12H2,(H,23,27,29). The molecule has 2 heterocycles. The lowest BCUT2D eigenvalue weighted by Crippen LogP contribution is -2.40. The third-order valence-electron chi connectivity index (χ3n) is 5.26. The number of aromatic nitrogens is 2. The summed E-state index contributed by atoms with van der Waals surface area (Å²) in [6.45, 7) is 0.816.